The molecule has 1 unspecified atom stereocenters. The van der Waals surface area contributed by atoms with Crippen molar-refractivity contribution in [2.75, 3.05) is 27.3 Å². The molecule has 6 nitrogen and oxygen atoms in total. The number of carbonyl (C=O) groups is 1. The predicted octanol–water partition coefficient (Wildman–Crippen LogP) is 2.65. The second-order valence-corrected chi connectivity index (χ2v) is 5.89. The van der Waals surface area contributed by atoms with Crippen molar-refractivity contribution >= 4 is 35.9 Å². The van der Waals surface area contributed by atoms with E-state index in [1.165, 1.54) is 20.6 Å². The summed E-state index contributed by atoms with van der Waals surface area (Å²) in [5, 5.41) is 0. The molecule has 1 aliphatic heterocycles. The van der Waals surface area contributed by atoms with E-state index in [4.69, 9.17) is 15.2 Å². The summed E-state index contributed by atoms with van der Waals surface area (Å²) in [6.07, 6.45) is 2.40. The standard InChI is InChI=1S/C17H25N3O3.HI/c1-12-5-4-8-20(11-12)17(18)19-10-13-6-7-14(16(21)23-3)15(9-13)22-2;/h6-7,9,12H,4-5,8,10-11H2,1-3H3,(H2,18,19);1H. The third-order valence-electron chi connectivity index (χ3n) is 4.08. The minimum atomic E-state index is -0.418. The third kappa shape index (κ3) is 5.25. The van der Waals surface area contributed by atoms with E-state index in [1.807, 2.05) is 6.07 Å². The van der Waals surface area contributed by atoms with Crippen LogP contribution < -0.4 is 10.5 Å². The summed E-state index contributed by atoms with van der Waals surface area (Å²) in [6.45, 7) is 4.61. The van der Waals surface area contributed by atoms with Gasteiger partial charge in [-0.15, -0.1) is 24.0 Å². The van der Waals surface area contributed by atoms with Crippen LogP contribution in [0.4, 0.5) is 0 Å². The second kappa shape index (κ2) is 9.71. The lowest BCUT2D eigenvalue weighted by Gasteiger charge is -2.31. The second-order valence-electron chi connectivity index (χ2n) is 5.89. The number of likely N-dealkylation sites (tertiary alicyclic amines) is 1. The third-order valence-corrected chi connectivity index (χ3v) is 4.08. The van der Waals surface area contributed by atoms with Gasteiger partial charge in [0.15, 0.2) is 5.96 Å². The largest absolute Gasteiger partial charge is 0.496 e. The van der Waals surface area contributed by atoms with Crippen LogP contribution in [0, 0.1) is 5.92 Å². The molecule has 0 radical (unpaired) electrons. The van der Waals surface area contributed by atoms with Crippen LogP contribution in [0.2, 0.25) is 0 Å². The van der Waals surface area contributed by atoms with Crippen molar-refractivity contribution in [2.24, 2.45) is 16.6 Å². The van der Waals surface area contributed by atoms with Gasteiger partial charge in [-0.1, -0.05) is 13.0 Å². The first-order chi connectivity index (χ1) is 11.0. The molecule has 2 N–H and O–H groups in total. The molecule has 0 spiro atoms. The van der Waals surface area contributed by atoms with Gasteiger partial charge in [0.25, 0.3) is 0 Å². The quantitative estimate of drug-likeness (QED) is 0.333. The fourth-order valence-corrected chi connectivity index (χ4v) is 2.78. The van der Waals surface area contributed by atoms with E-state index in [-0.39, 0.29) is 24.0 Å². The Balaban J connectivity index is 0.00000288. The summed E-state index contributed by atoms with van der Waals surface area (Å²) < 4.78 is 9.99. The van der Waals surface area contributed by atoms with E-state index in [1.54, 1.807) is 12.1 Å². The van der Waals surface area contributed by atoms with Gasteiger partial charge in [0, 0.05) is 13.1 Å². The monoisotopic (exact) mass is 447 g/mol. The molecule has 1 aliphatic rings. The van der Waals surface area contributed by atoms with E-state index in [9.17, 15) is 4.79 Å². The van der Waals surface area contributed by atoms with E-state index in [0.29, 0.717) is 29.7 Å². The van der Waals surface area contributed by atoms with Crippen LogP contribution in [0.1, 0.15) is 35.7 Å². The molecule has 1 saturated heterocycles. The van der Waals surface area contributed by atoms with Crippen LogP contribution in [-0.4, -0.2) is 44.1 Å². The van der Waals surface area contributed by atoms with Gasteiger partial charge < -0.3 is 20.1 Å². The maximum absolute atomic E-state index is 11.7. The fraction of sp³-hybridized carbons (Fsp3) is 0.529. The molecule has 134 valence electrons. The Kier molecular flexibility index (Phi) is 8.30. The Morgan fingerprint density at radius 1 is 1.42 bits per heavy atom. The van der Waals surface area contributed by atoms with Crippen molar-refractivity contribution in [1.29, 1.82) is 0 Å². The molecule has 0 bridgehead atoms. The number of nitrogens with two attached hydrogens (primary N) is 1. The van der Waals surface area contributed by atoms with Crippen molar-refractivity contribution in [1.82, 2.24) is 4.90 Å². The number of esters is 1. The lowest BCUT2D eigenvalue weighted by molar-refractivity contribution is 0.0597. The normalized spacial score (nSPS) is 17.9. The van der Waals surface area contributed by atoms with Crippen molar-refractivity contribution < 1.29 is 14.3 Å². The number of hydrogen-bond donors (Lipinski definition) is 1. The highest BCUT2D eigenvalue weighted by Gasteiger charge is 2.18. The minimum absolute atomic E-state index is 0. The van der Waals surface area contributed by atoms with Crippen LogP contribution in [0.25, 0.3) is 0 Å². The summed E-state index contributed by atoms with van der Waals surface area (Å²) in [5.41, 5.74) is 7.44. The number of hydrogen-bond acceptors (Lipinski definition) is 4. The summed E-state index contributed by atoms with van der Waals surface area (Å²) >= 11 is 0. The Morgan fingerprint density at radius 3 is 2.79 bits per heavy atom. The molecule has 1 fully saturated rings. The number of rotatable bonds is 4. The zero-order valence-corrected chi connectivity index (χ0v) is 16.8. The predicted molar refractivity (Wildman–Crippen MR) is 105 cm³/mol. The highest BCUT2D eigenvalue weighted by Crippen LogP contribution is 2.22. The fourth-order valence-electron chi connectivity index (χ4n) is 2.78. The number of aliphatic imine (C=N–C) groups is 1. The van der Waals surface area contributed by atoms with Crippen molar-refractivity contribution in [2.45, 2.75) is 26.3 Å². The number of carbonyl (C=O) groups excluding carboxylic acids is 1. The maximum atomic E-state index is 11.7. The number of guanidine groups is 1. The van der Waals surface area contributed by atoms with Crippen molar-refractivity contribution in [3.05, 3.63) is 29.3 Å². The average molecular weight is 447 g/mol. The average Bonchev–Trinajstić information content (AvgIpc) is 2.58. The van der Waals surface area contributed by atoms with Crippen LogP contribution in [0.15, 0.2) is 23.2 Å². The Morgan fingerprint density at radius 2 is 2.17 bits per heavy atom. The van der Waals surface area contributed by atoms with Gasteiger partial charge in [-0.25, -0.2) is 9.79 Å². The number of nitrogens with zero attached hydrogens (tertiary/aromatic N) is 2. The molecule has 1 atom stereocenters. The Bertz CT molecular complexity index is 592. The first kappa shape index (κ1) is 20.5. The summed E-state index contributed by atoms with van der Waals surface area (Å²) in [4.78, 5) is 18.3. The number of halogens is 1. The van der Waals surface area contributed by atoms with Gasteiger partial charge in [-0.3, -0.25) is 0 Å². The molecule has 0 aromatic heterocycles. The zero-order valence-electron chi connectivity index (χ0n) is 14.4. The first-order valence-electron chi connectivity index (χ1n) is 7.85. The van der Waals surface area contributed by atoms with Gasteiger partial charge in [-0.05, 0) is 36.5 Å². The summed E-state index contributed by atoms with van der Waals surface area (Å²) in [5.74, 6) is 1.29. The van der Waals surface area contributed by atoms with E-state index in [0.717, 1.165) is 25.1 Å². The molecule has 7 heteroatoms. The first-order valence-corrected chi connectivity index (χ1v) is 7.85. The van der Waals surface area contributed by atoms with Crippen LogP contribution >= 0.6 is 24.0 Å². The number of piperidine rings is 1. The van der Waals surface area contributed by atoms with Crippen LogP contribution in [0.5, 0.6) is 5.75 Å². The highest BCUT2D eigenvalue weighted by atomic mass is 127. The molecule has 1 aromatic rings. The molecular weight excluding hydrogens is 421 g/mol. The van der Waals surface area contributed by atoms with Crippen LogP contribution in [-0.2, 0) is 11.3 Å². The lowest BCUT2D eigenvalue weighted by atomic mass is 10.0. The molecule has 0 amide bonds. The topological polar surface area (TPSA) is 77.1 Å². The summed E-state index contributed by atoms with van der Waals surface area (Å²) in [7, 11) is 2.87. The molecular formula is C17H26IN3O3. The van der Waals surface area contributed by atoms with Gasteiger partial charge in [0.05, 0.1) is 20.8 Å². The molecule has 2 rings (SSSR count). The van der Waals surface area contributed by atoms with Gasteiger partial charge in [-0.2, -0.15) is 0 Å². The number of ether oxygens (including phenoxy) is 2. The van der Waals surface area contributed by atoms with Crippen molar-refractivity contribution in [3.63, 3.8) is 0 Å². The highest BCUT2D eigenvalue weighted by molar-refractivity contribution is 14.0. The van der Waals surface area contributed by atoms with Gasteiger partial charge in [0.2, 0.25) is 0 Å². The van der Waals surface area contributed by atoms with Crippen molar-refractivity contribution in [3.8, 4) is 5.75 Å². The minimum Gasteiger partial charge on any atom is -0.496 e. The maximum Gasteiger partial charge on any atom is 0.341 e. The van der Waals surface area contributed by atoms with E-state index in [2.05, 4.69) is 16.8 Å². The number of benzene rings is 1. The molecule has 0 saturated carbocycles. The van der Waals surface area contributed by atoms with E-state index < -0.39 is 5.97 Å². The molecule has 1 heterocycles. The zero-order chi connectivity index (χ0) is 16.8. The molecule has 1 aromatic carbocycles. The van der Waals surface area contributed by atoms with Gasteiger partial charge >= 0.3 is 5.97 Å². The lowest BCUT2D eigenvalue weighted by Crippen LogP contribution is -2.43. The smallest absolute Gasteiger partial charge is 0.341 e. The van der Waals surface area contributed by atoms with Gasteiger partial charge in [0.1, 0.15) is 11.3 Å². The van der Waals surface area contributed by atoms with Crippen LogP contribution in [0.3, 0.4) is 0 Å². The Labute approximate surface area is 160 Å². The molecule has 24 heavy (non-hydrogen) atoms. The SMILES string of the molecule is COC(=O)c1ccc(CN=C(N)N2CCCC(C)C2)cc1OC.I. The molecule has 0 aliphatic carbocycles. The summed E-state index contributed by atoms with van der Waals surface area (Å²) in [6, 6.07) is 5.32. The van der Waals surface area contributed by atoms with E-state index >= 15 is 0 Å². The Hall–Kier alpha value is -1.51. The number of methoxy groups -OCH3 is 2.